The van der Waals surface area contributed by atoms with Gasteiger partial charge in [-0.3, -0.25) is 9.36 Å². The summed E-state index contributed by atoms with van der Waals surface area (Å²) in [5.74, 6) is -0.0771. The second kappa shape index (κ2) is 10.6. The number of benzene rings is 1. The normalized spacial score (nSPS) is 21.2. The lowest BCUT2D eigenvalue weighted by Crippen LogP contribution is -2.41. The van der Waals surface area contributed by atoms with Crippen molar-refractivity contribution in [2.75, 3.05) is 11.5 Å². The zero-order valence-corrected chi connectivity index (χ0v) is 22.1. The quantitative estimate of drug-likeness (QED) is 0.609. The number of hydrogen-bond donors (Lipinski definition) is 1. The van der Waals surface area contributed by atoms with E-state index in [0.717, 1.165) is 49.3 Å². The Morgan fingerprint density at radius 2 is 1.84 bits per heavy atom. The SMILES string of the molecule is CC(Oc1cc(-n2nc3n(c2=O)CCCC3)c(F)cc1C(=O)NC1CCS(=O)(=O)CC1)C1CCCCC1. The molecule has 2 aliphatic heterocycles. The number of carbonyl (C=O) groups is 1. The van der Waals surface area contributed by atoms with Crippen molar-refractivity contribution in [3.63, 3.8) is 0 Å². The summed E-state index contributed by atoms with van der Waals surface area (Å²) in [5.41, 5.74) is -0.409. The molecule has 9 nitrogen and oxygen atoms in total. The summed E-state index contributed by atoms with van der Waals surface area (Å²) < 4.78 is 48.0. The molecule has 3 heterocycles. The maximum atomic E-state index is 15.5. The fourth-order valence-corrected chi connectivity index (χ4v) is 7.23. The Balaban J connectivity index is 1.47. The van der Waals surface area contributed by atoms with Crippen molar-refractivity contribution in [1.82, 2.24) is 19.7 Å². The van der Waals surface area contributed by atoms with Crippen LogP contribution in [0.1, 0.15) is 80.9 Å². The molecule has 1 aromatic heterocycles. The number of ether oxygens (including phenoxy) is 1. The van der Waals surface area contributed by atoms with Gasteiger partial charge in [0, 0.05) is 25.1 Å². The van der Waals surface area contributed by atoms with Crippen LogP contribution in [0.5, 0.6) is 5.75 Å². The van der Waals surface area contributed by atoms with E-state index in [2.05, 4.69) is 10.4 Å². The number of sulfone groups is 1. The average molecular weight is 535 g/mol. The van der Waals surface area contributed by atoms with Crippen molar-refractivity contribution >= 4 is 15.7 Å². The van der Waals surface area contributed by atoms with Crippen molar-refractivity contribution < 1.29 is 22.3 Å². The molecule has 5 rings (SSSR count). The molecular weight excluding hydrogens is 499 g/mol. The molecule has 202 valence electrons. The van der Waals surface area contributed by atoms with E-state index in [1.165, 1.54) is 12.5 Å². The summed E-state index contributed by atoms with van der Waals surface area (Å²) in [5, 5.41) is 7.25. The van der Waals surface area contributed by atoms with E-state index in [1.54, 1.807) is 4.57 Å². The summed E-state index contributed by atoms with van der Waals surface area (Å²) in [6.07, 6.45) is 8.40. The summed E-state index contributed by atoms with van der Waals surface area (Å²) in [4.78, 5) is 26.3. The number of halogens is 1. The van der Waals surface area contributed by atoms with Crippen molar-refractivity contribution in [3.05, 3.63) is 39.8 Å². The minimum absolute atomic E-state index is 0.0151. The molecule has 1 unspecified atom stereocenters. The molecule has 1 N–H and O–H groups in total. The molecule has 1 atom stereocenters. The van der Waals surface area contributed by atoms with Gasteiger partial charge in [0.15, 0.2) is 0 Å². The van der Waals surface area contributed by atoms with Crippen molar-refractivity contribution in [2.45, 2.75) is 89.8 Å². The minimum atomic E-state index is -3.08. The van der Waals surface area contributed by atoms with Crippen LogP contribution < -0.4 is 15.7 Å². The molecule has 0 radical (unpaired) electrons. The van der Waals surface area contributed by atoms with E-state index in [1.807, 2.05) is 6.92 Å². The smallest absolute Gasteiger partial charge is 0.350 e. The van der Waals surface area contributed by atoms with Crippen LogP contribution in [0, 0.1) is 11.7 Å². The highest BCUT2D eigenvalue weighted by molar-refractivity contribution is 7.91. The number of amides is 1. The number of nitrogens with one attached hydrogen (secondary N) is 1. The Kier molecular flexibility index (Phi) is 7.42. The molecule has 2 aromatic rings. The molecule has 11 heteroatoms. The molecule has 0 spiro atoms. The van der Waals surface area contributed by atoms with Crippen molar-refractivity contribution in [2.24, 2.45) is 5.92 Å². The van der Waals surface area contributed by atoms with Gasteiger partial charge in [-0.2, -0.15) is 4.68 Å². The van der Waals surface area contributed by atoms with Crippen LogP contribution in [-0.4, -0.2) is 52.3 Å². The number of fused-ring (bicyclic) bond motifs is 1. The first-order valence-electron chi connectivity index (χ1n) is 13.4. The number of hydrogen-bond acceptors (Lipinski definition) is 6. The zero-order valence-electron chi connectivity index (χ0n) is 21.2. The van der Waals surface area contributed by atoms with Gasteiger partial charge in [-0.15, -0.1) is 5.10 Å². The van der Waals surface area contributed by atoms with Crippen LogP contribution in [-0.2, 0) is 22.8 Å². The largest absolute Gasteiger partial charge is 0.490 e. The summed E-state index contributed by atoms with van der Waals surface area (Å²) >= 11 is 0. The third-order valence-corrected chi connectivity index (χ3v) is 9.72. The average Bonchev–Trinajstić information content (AvgIpc) is 3.22. The van der Waals surface area contributed by atoms with Gasteiger partial charge in [0.05, 0.1) is 23.2 Å². The lowest BCUT2D eigenvalue weighted by atomic mass is 9.86. The van der Waals surface area contributed by atoms with Gasteiger partial charge < -0.3 is 10.1 Å². The molecule has 37 heavy (non-hydrogen) atoms. The first-order chi connectivity index (χ1) is 17.7. The van der Waals surface area contributed by atoms with E-state index >= 15 is 4.39 Å². The van der Waals surface area contributed by atoms with Gasteiger partial charge >= 0.3 is 5.69 Å². The van der Waals surface area contributed by atoms with Crippen LogP contribution in [0.3, 0.4) is 0 Å². The molecular formula is C26H35FN4O5S. The summed E-state index contributed by atoms with van der Waals surface area (Å²) in [6, 6.07) is 2.21. The van der Waals surface area contributed by atoms with Crippen molar-refractivity contribution in [3.8, 4) is 11.4 Å². The monoisotopic (exact) mass is 534 g/mol. The highest BCUT2D eigenvalue weighted by atomic mass is 32.2. The van der Waals surface area contributed by atoms with Gasteiger partial charge in [0.25, 0.3) is 5.91 Å². The maximum Gasteiger partial charge on any atom is 0.350 e. The van der Waals surface area contributed by atoms with Crippen LogP contribution in [0.2, 0.25) is 0 Å². The number of aromatic nitrogens is 3. The van der Waals surface area contributed by atoms with Crippen molar-refractivity contribution in [1.29, 1.82) is 0 Å². The lowest BCUT2D eigenvalue weighted by molar-refractivity contribution is 0.0913. The van der Waals surface area contributed by atoms with Gasteiger partial charge in [-0.25, -0.2) is 17.6 Å². The summed E-state index contributed by atoms with van der Waals surface area (Å²) in [7, 11) is -3.08. The Morgan fingerprint density at radius 3 is 2.54 bits per heavy atom. The number of carbonyl (C=O) groups excluding carboxylic acids is 1. The van der Waals surface area contributed by atoms with Gasteiger partial charge in [-0.1, -0.05) is 19.3 Å². The third kappa shape index (κ3) is 5.61. The predicted molar refractivity (Wildman–Crippen MR) is 137 cm³/mol. The summed E-state index contributed by atoms with van der Waals surface area (Å²) in [6.45, 7) is 2.52. The van der Waals surface area contributed by atoms with E-state index in [9.17, 15) is 18.0 Å². The molecule has 2 fully saturated rings. The minimum Gasteiger partial charge on any atom is -0.490 e. The molecule has 0 bridgehead atoms. The predicted octanol–water partition coefficient (Wildman–Crippen LogP) is 3.16. The number of rotatable bonds is 6. The maximum absolute atomic E-state index is 15.5. The van der Waals surface area contributed by atoms with E-state index in [-0.39, 0.29) is 40.7 Å². The number of aryl methyl sites for hydroxylation is 1. The number of nitrogens with zero attached hydrogens (tertiary/aromatic N) is 3. The zero-order chi connectivity index (χ0) is 26.2. The van der Waals surface area contributed by atoms with Gasteiger partial charge in [0.2, 0.25) is 0 Å². The molecule has 1 amide bonds. The highest BCUT2D eigenvalue weighted by Crippen LogP contribution is 2.32. The molecule has 1 saturated carbocycles. The highest BCUT2D eigenvalue weighted by Gasteiger charge is 2.29. The van der Waals surface area contributed by atoms with Crippen LogP contribution >= 0.6 is 0 Å². The Labute approximate surface area is 216 Å². The molecule has 3 aliphatic rings. The second-order valence-electron chi connectivity index (χ2n) is 10.6. The van der Waals surface area contributed by atoms with Gasteiger partial charge in [-0.05, 0) is 57.4 Å². The Morgan fingerprint density at radius 1 is 1.11 bits per heavy atom. The van der Waals surface area contributed by atoms with Crippen LogP contribution in [0.4, 0.5) is 4.39 Å². The molecule has 1 aliphatic carbocycles. The topological polar surface area (TPSA) is 112 Å². The Hall–Kier alpha value is -2.69. The lowest BCUT2D eigenvalue weighted by Gasteiger charge is -2.29. The molecule has 1 saturated heterocycles. The van der Waals surface area contributed by atoms with E-state index in [4.69, 9.17) is 4.74 Å². The fourth-order valence-electron chi connectivity index (χ4n) is 5.73. The van der Waals surface area contributed by atoms with Gasteiger partial charge in [0.1, 0.15) is 32.9 Å². The third-order valence-electron chi connectivity index (χ3n) is 8.01. The van der Waals surface area contributed by atoms with E-state index in [0.29, 0.717) is 37.5 Å². The first kappa shape index (κ1) is 25.9. The standard InChI is InChI=1S/C26H35FN4O5S/c1-17(18-7-3-2-4-8-18)36-23-16-22(31-26(33)30-12-6-5-9-24(30)29-31)21(27)15-20(23)25(32)28-19-10-13-37(34,35)14-11-19/h15-19H,2-14H2,1H3,(H,28,32). The first-order valence-corrected chi connectivity index (χ1v) is 15.2. The molecule has 1 aromatic carbocycles. The Bertz CT molecular complexity index is 1320. The van der Waals surface area contributed by atoms with Crippen LogP contribution in [0.15, 0.2) is 16.9 Å². The fraction of sp³-hybridized carbons (Fsp3) is 0.654. The second-order valence-corrected chi connectivity index (χ2v) is 12.9. The van der Waals surface area contributed by atoms with Crippen LogP contribution in [0.25, 0.3) is 5.69 Å². The van der Waals surface area contributed by atoms with E-state index < -0.39 is 27.3 Å².